The predicted octanol–water partition coefficient (Wildman–Crippen LogP) is 2.53. The second kappa shape index (κ2) is 6.10. The van der Waals surface area contributed by atoms with E-state index >= 15 is 0 Å². The summed E-state index contributed by atoms with van der Waals surface area (Å²) in [6.45, 7) is -0.112. The molecule has 0 unspecified atom stereocenters. The highest BCUT2D eigenvalue weighted by Gasteiger charge is 2.15. The number of nitro benzene ring substituents is 1. The normalized spacial score (nSPS) is 10.3. The number of alkyl halides is 1. The molecule has 0 saturated carbocycles. The molecule has 0 fully saturated rings. The maximum atomic E-state index is 12.2. The molecule has 0 amide bonds. The number of halogens is 1. The van der Waals surface area contributed by atoms with Crippen molar-refractivity contribution in [3.63, 3.8) is 0 Å². The molecule has 0 aliphatic rings. The van der Waals surface area contributed by atoms with Crippen molar-refractivity contribution in [3.05, 3.63) is 52.8 Å². The number of aromatic nitrogens is 1. The molecule has 1 aromatic heterocycles. The van der Waals surface area contributed by atoms with Gasteiger partial charge in [0.2, 0.25) is 0 Å². The molecule has 1 heterocycles. The molecule has 0 aliphatic carbocycles. The second-order valence-corrected chi connectivity index (χ2v) is 4.16. The van der Waals surface area contributed by atoms with E-state index in [1.807, 2.05) is 12.1 Å². The molecule has 0 spiro atoms. The number of benzene rings is 1. The maximum absolute atomic E-state index is 12.2. The van der Waals surface area contributed by atoms with E-state index in [4.69, 9.17) is 4.74 Å². The summed E-state index contributed by atoms with van der Waals surface area (Å²) in [5.41, 5.74) is 1.62. The second-order valence-electron chi connectivity index (χ2n) is 4.16. The van der Waals surface area contributed by atoms with Gasteiger partial charge in [-0.1, -0.05) is 0 Å². The van der Waals surface area contributed by atoms with Gasteiger partial charge in [0.15, 0.2) is 24.7 Å². The molecular formula is C14H14FN2O3+. The van der Waals surface area contributed by atoms with Crippen molar-refractivity contribution in [2.75, 3.05) is 13.8 Å². The topological polar surface area (TPSA) is 56.2 Å². The molecule has 1 aromatic carbocycles. The number of hydrogen-bond acceptors (Lipinski definition) is 3. The Morgan fingerprint density at radius 2 is 1.95 bits per heavy atom. The maximum Gasteiger partial charge on any atom is 0.310 e. The molecule has 0 radical (unpaired) electrons. The summed E-state index contributed by atoms with van der Waals surface area (Å²) in [5, 5.41) is 10.8. The Morgan fingerprint density at radius 3 is 2.50 bits per heavy atom. The van der Waals surface area contributed by atoms with Crippen LogP contribution in [0.15, 0.2) is 42.7 Å². The first-order valence-corrected chi connectivity index (χ1v) is 6.03. The van der Waals surface area contributed by atoms with Crippen LogP contribution in [0.4, 0.5) is 10.1 Å². The SMILES string of the molecule is COc1cc(-c2cc[n+](CCF)cc2)ccc1[N+](=O)[O-]. The van der Waals surface area contributed by atoms with Crippen LogP contribution in [0.1, 0.15) is 0 Å². The van der Waals surface area contributed by atoms with Gasteiger partial charge in [-0.05, 0) is 23.3 Å². The first-order valence-electron chi connectivity index (χ1n) is 6.03. The number of methoxy groups -OCH3 is 1. The number of nitro groups is 1. The van der Waals surface area contributed by atoms with Gasteiger partial charge in [0.1, 0.15) is 6.67 Å². The minimum absolute atomic E-state index is 0.0697. The van der Waals surface area contributed by atoms with Crippen LogP contribution in [-0.4, -0.2) is 18.7 Å². The summed E-state index contributed by atoms with van der Waals surface area (Å²) in [7, 11) is 1.40. The van der Waals surface area contributed by atoms with Gasteiger partial charge >= 0.3 is 5.69 Å². The Morgan fingerprint density at radius 1 is 1.25 bits per heavy atom. The lowest BCUT2D eigenvalue weighted by molar-refractivity contribution is -0.696. The van der Waals surface area contributed by atoms with Gasteiger partial charge < -0.3 is 4.74 Å². The largest absolute Gasteiger partial charge is 0.490 e. The van der Waals surface area contributed by atoms with Gasteiger partial charge in [-0.2, -0.15) is 0 Å². The fraction of sp³-hybridized carbons (Fsp3) is 0.214. The summed E-state index contributed by atoms with van der Waals surface area (Å²) in [6.07, 6.45) is 3.53. The summed E-state index contributed by atoms with van der Waals surface area (Å²) < 4.78 is 19.0. The molecule has 0 saturated heterocycles. The smallest absolute Gasteiger partial charge is 0.310 e. The van der Waals surface area contributed by atoms with Crippen LogP contribution in [0.2, 0.25) is 0 Å². The van der Waals surface area contributed by atoms with Gasteiger partial charge in [0, 0.05) is 18.2 Å². The standard InChI is InChI=1S/C14H14FN2O3/c1-20-14-10-12(2-3-13(14)17(18)19)11-4-7-16(8-5-11)9-6-15/h2-5,7-8,10H,6,9H2,1H3/q+1. The van der Waals surface area contributed by atoms with Crippen molar-refractivity contribution >= 4 is 5.69 Å². The van der Waals surface area contributed by atoms with E-state index in [9.17, 15) is 14.5 Å². The van der Waals surface area contributed by atoms with E-state index in [-0.39, 0.29) is 11.4 Å². The number of pyridine rings is 1. The van der Waals surface area contributed by atoms with Gasteiger partial charge in [-0.25, -0.2) is 8.96 Å². The van der Waals surface area contributed by atoms with E-state index in [2.05, 4.69) is 0 Å². The van der Waals surface area contributed by atoms with Crippen LogP contribution in [-0.2, 0) is 6.54 Å². The summed E-state index contributed by atoms with van der Waals surface area (Å²) in [4.78, 5) is 10.3. The number of nitrogens with zero attached hydrogens (tertiary/aromatic N) is 2. The molecular weight excluding hydrogens is 263 g/mol. The van der Waals surface area contributed by atoms with Crippen LogP contribution >= 0.6 is 0 Å². The average molecular weight is 277 g/mol. The number of hydrogen-bond donors (Lipinski definition) is 0. The molecule has 2 aromatic rings. The molecule has 0 N–H and O–H groups in total. The van der Waals surface area contributed by atoms with Crippen molar-refractivity contribution in [2.45, 2.75) is 6.54 Å². The number of aryl methyl sites for hydroxylation is 1. The van der Waals surface area contributed by atoms with Crippen LogP contribution in [0.3, 0.4) is 0 Å². The highest BCUT2D eigenvalue weighted by atomic mass is 19.1. The minimum Gasteiger partial charge on any atom is -0.490 e. The van der Waals surface area contributed by atoms with E-state index in [1.165, 1.54) is 13.2 Å². The average Bonchev–Trinajstić information content (AvgIpc) is 2.47. The Bertz CT molecular complexity index is 614. The fourth-order valence-corrected chi connectivity index (χ4v) is 1.90. The van der Waals surface area contributed by atoms with Crippen molar-refractivity contribution in [1.82, 2.24) is 0 Å². The van der Waals surface area contributed by atoms with Crippen LogP contribution in [0.25, 0.3) is 11.1 Å². The lowest BCUT2D eigenvalue weighted by atomic mass is 10.1. The van der Waals surface area contributed by atoms with Crippen molar-refractivity contribution in [1.29, 1.82) is 0 Å². The first kappa shape index (κ1) is 13.9. The Labute approximate surface area is 115 Å². The van der Waals surface area contributed by atoms with E-state index < -0.39 is 11.6 Å². The number of ether oxygens (including phenoxy) is 1. The fourth-order valence-electron chi connectivity index (χ4n) is 1.90. The molecule has 0 aliphatic heterocycles. The first-order chi connectivity index (χ1) is 9.65. The van der Waals surface area contributed by atoms with Crippen LogP contribution in [0.5, 0.6) is 5.75 Å². The molecule has 0 bridgehead atoms. The molecule has 0 atom stereocenters. The number of rotatable bonds is 5. The third kappa shape index (κ3) is 2.90. The Kier molecular flexibility index (Phi) is 4.24. The molecule has 5 nitrogen and oxygen atoms in total. The van der Waals surface area contributed by atoms with Crippen molar-refractivity contribution < 1.29 is 18.6 Å². The van der Waals surface area contributed by atoms with Crippen LogP contribution < -0.4 is 9.30 Å². The van der Waals surface area contributed by atoms with Gasteiger partial charge in [-0.15, -0.1) is 0 Å². The highest BCUT2D eigenvalue weighted by Crippen LogP contribution is 2.31. The van der Waals surface area contributed by atoms with Crippen molar-refractivity contribution in [3.8, 4) is 16.9 Å². The summed E-state index contributed by atoms with van der Waals surface area (Å²) in [5.74, 6) is 0.216. The van der Waals surface area contributed by atoms with E-state index in [1.54, 1.807) is 29.1 Å². The quantitative estimate of drug-likeness (QED) is 0.479. The molecule has 20 heavy (non-hydrogen) atoms. The van der Waals surface area contributed by atoms with Crippen molar-refractivity contribution in [2.24, 2.45) is 0 Å². The third-order valence-electron chi connectivity index (χ3n) is 2.94. The van der Waals surface area contributed by atoms with E-state index in [0.29, 0.717) is 6.54 Å². The zero-order valence-corrected chi connectivity index (χ0v) is 11.0. The predicted molar refractivity (Wildman–Crippen MR) is 71.3 cm³/mol. The summed E-state index contributed by atoms with van der Waals surface area (Å²) in [6, 6.07) is 8.35. The zero-order valence-electron chi connectivity index (χ0n) is 11.0. The summed E-state index contributed by atoms with van der Waals surface area (Å²) >= 11 is 0. The third-order valence-corrected chi connectivity index (χ3v) is 2.94. The highest BCUT2D eigenvalue weighted by molar-refractivity contribution is 5.67. The molecule has 104 valence electrons. The Hall–Kier alpha value is -2.50. The van der Waals surface area contributed by atoms with E-state index in [0.717, 1.165) is 11.1 Å². The van der Waals surface area contributed by atoms with Gasteiger partial charge in [0.05, 0.1) is 12.0 Å². The molecule has 6 heteroatoms. The van der Waals surface area contributed by atoms with Crippen LogP contribution in [0, 0.1) is 10.1 Å². The monoisotopic (exact) mass is 277 g/mol. The lowest BCUT2D eigenvalue weighted by Gasteiger charge is -2.05. The molecule has 2 rings (SSSR count). The zero-order chi connectivity index (χ0) is 14.5. The van der Waals surface area contributed by atoms with Gasteiger partial charge in [-0.3, -0.25) is 10.1 Å². The lowest BCUT2D eigenvalue weighted by Crippen LogP contribution is -2.33. The minimum atomic E-state index is -0.483. The van der Waals surface area contributed by atoms with Gasteiger partial charge in [0.25, 0.3) is 0 Å². The Balaban J connectivity index is 2.35.